The second kappa shape index (κ2) is 3.79. The SMILES string of the molecule is CN1CCC2(CC1)Cc1cc(F)ccc1C2N. The molecule has 1 aliphatic heterocycles. The number of piperidine rings is 1. The minimum absolute atomic E-state index is 0.0896. The normalized spacial score (nSPS) is 27.4. The van der Waals surface area contributed by atoms with Gasteiger partial charge in [-0.25, -0.2) is 4.39 Å². The van der Waals surface area contributed by atoms with Crippen LogP contribution in [-0.4, -0.2) is 25.0 Å². The summed E-state index contributed by atoms with van der Waals surface area (Å²) in [5, 5.41) is 0. The molecule has 1 aliphatic carbocycles. The Morgan fingerprint density at radius 3 is 2.76 bits per heavy atom. The fourth-order valence-corrected chi connectivity index (χ4v) is 3.40. The summed E-state index contributed by atoms with van der Waals surface area (Å²) in [6.07, 6.45) is 3.21. The molecular weight excluding hydrogens is 215 g/mol. The van der Waals surface area contributed by atoms with Crippen LogP contribution in [-0.2, 0) is 6.42 Å². The lowest BCUT2D eigenvalue weighted by Gasteiger charge is -2.41. The van der Waals surface area contributed by atoms with Crippen LogP contribution in [0, 0.1) is 11.2 Å². The molecule has 2 aliphatic rings. The van der Waals surface area contributed by atoms with Crippen molar-refractivity contribution in [3.63, 3.8) is 0 Å². The summed E-state index contributed by atoms with van der Waals surface area (Å²) in [6, 6.07) is 5.17. The smallest absolute Gasteiger partial charge is 0.123 e. The summed E-state index contributed by atoms with van der Waals surface area (Å²) < 4.78 is 13.3. The molecule has 1 unspecified atom stereocenters. The van der Waals surface area contributed by atoms with Gasteiger partial charge in [-0.1, -0.05) is 6.07 Å². The minimum Gasteiger partial charge on any atom is -0.323 e. The van der Waals surface area contributed by atoms with E-state index < -0.39 is 0 Å². The van der Waals surface area contributed by atoms with Crippen molar-refractivity contribution in [1.82, 2.24) is 4.90 Å². The molecule has 17 heavy (non-hydrogen) atoms. The maximum Gasteiger partial charge on any atom is 0.123 e. The van der Waals surface area contributed by atoms with E-state index in [-0.39, 0.29) is 17.3 Å². The van der Waals surface area contributed by atoms with Gasteiger partial charge in [-0.2, -0.15) is 0 Å². The molecule has 1 saturated heterocycles. The number of fused-ring (bicyclic) bond motifs is 1. The highest BCUT2D eigenvalue weighted by Gasteiger charge is 2.45. The van der Waals surface area contributed by atoms with Gasteiger partial charge in [0.2, 0.25) is 0 Å². The first-order valence-electron chi connectivity index (χ1n) is 6.33. The van der Waals surface area contributed by atoms with E-state index in [0.29, 0.717) is 0 Å². The largest absolute Gasteiger partial charge is 0.323 e. The lowest BCUT2D eigenvalue weighted by molar-refractivity contribution is 0.106. The molecule has 1 aromatic rings. The monoisotopic (exact) mass is 234 g/mol. The number of hydrogen-bond donors (Lipinski definition) is 1. The Kier molecular flexibility index (Phi) is 2.49. The summed E-state index contributed by atoms with van der Waals surface area (Å²) >= 11 is 0. The molecule has 3 rings (SSSR count). The van der Waals surface area contributed by atoms with Gasteiger partial charge >= 0.3 is 0 Å². The van der Waals surface area contributed by atoms with Crippen LogP contribution >= 0.6 is 0 Å². The molecule has 2 N–H and O–H groups in total. The summed E-state index contributed by atoms with van der Waals surface area (Å²) in [4.78, 5) is 2.35. The van der Waals surface area contributed by atoms with Gasteiger partial charge < -0.3 is 10.6 Å². The first-order chi connectivity index (χ1) is 8.11. The van der Waals surface area contributed by atoms with Crippen molar-refractivity contribution < 1.29 is 4.39 Å². The van der Waals surface area contributed by atoms with Crippen LogP contribution in [0.3, 0.4) is 0 Å². The standard InChI is InChI=1S/C14H19FN2/c1-17-6-4-14(5-7-17)9-10-8-11(15)2-3-12(10)13(14)16/h2-3,8,13H,4-7,9,16H2,1H3. The van der Waals surface area contributed by atoms with Crippen molar-refractivity contribution in [2.75, 3.05) is 20.1 Å². The molecule has 92 valence electrons. The van der Waals surface area contributed by atoms with Crippen LogP contribution in [0.1, 0.15) is 30.0 Å². The Balaban J connectivity index is 1.92. The van der Waals surface area contributed by atoms with Gasteiger partial charge in [0, 0.05) is 6.04 Å². The molecule has 1 heterocycles. The molecule has 1 atom stereocenters. The number of likely N-dealkylation sites (tertiary alicyclic amines) is 1. The zero-order valence-electron chi connectivity index (χ0n) is 10.2. The Morgan fingerprint density at radius 1 is 1.35 bits per heavy atom. The van der Waals surface area contributed by atoms with Crippen LogP contribution in [0.15, 0.2) is 18.2 Å². The van der Waals surface area contributed by atoms with E-state index in [4.69, 9.17) is 5.73 Å². The third-order valence-electron chi connectivity index (χ3n) is 4.63. The van der Waals surface area contributed by atoms with E-state index in [2.05, 4.69) is 11.9 Å². The van der Waals surface area contributed by atoms with Gasteiger partial charge in [0.1, 0.15) is 5.82 Å². The molecule has 0 bridgehead atoms. The maximum absolute atomic E-state index is 13.3. The molecular formula is C14H19FN2. The Bertz CT molecular complexity index is 436. The number of nitrogens with zero attached hydrogens (tertiary/aromatic N) is 1. The number of rotatable bonds is 0. The number of benzene rings is 1. The second-order valence-corrected chi connectivity index (χ2v) is 5.66. The zero-order chi connectivity index (χ0) is 12.0. The van der Waals surface area contributed by atoms with E-state index in [1.54, 1.807) is 6.07 Å². The average molecular weight is 234 g/mol. The molecule has 0 aromatic heterocycles. The fourth-order valence-electron chi connectivity index (χ4n) is 3.40. The van der Waals surface area contributed by atoms with Crippen LogP contribution in [0.5, 0.6) is 0 Å². The highest BCUT2D eigenvalue weighted by molar-refractivity contribution is 5.38. The topological polar surface area (TPSA) is 29.3 Å². The van der Waals surface area contributed by atoms with Crippen molar-refractivity contribution in [3.8, 4) is 0 Å². The third-order valence-corrected chi connectivity index (χ3v) is 4.63. The molecule has 0 saturated carbocycles. The van der Waals surface area contributed by atoms with Crippen molar-refractivity contribution in [3.05, 3.63) is 35.1 Å². The first kappa shape index (κ1) is 11.2. The molecule has 1 fully saturated rings. The average Bonchev–Trinajstić information content (AvgIpc) is 2.57. The Labute approximate surface area is 102 Å². The van der Waals surface area contributed by atoms with Gasteiger partial charge in [0.15, 0.2) is 0 Å². The van der Waals surface area contributed by atoms with E-state index in [0.717, 1.165) is 43.5 Å². The summed E-state index contributed by atoms with van der Waals surface area (Å²) in [7, 11) is 2.15. The van der Waals surface area contributed by atoms with E-state index in [1.165, 1.54) is 6.07 Å². The van der Waals surface area contributed by atoms with Crippen LogP contribution in [0.2, 0.25) is 0 Å². The van der Waals surface area contributed by atoms with Crippen molar-refractivity contribution in [2.24, 2.45) is 11.1 Å². The number of nitrogens with two attached hydrogens (primary N) is 1. The third kappa shape index (κ3) is 1.69. The van der Waals surface area contributed by atoms with Crippen molar-refractivity contribution >= 4 is 0 Å². The predicted octanol–water partition coefficient (Wildman–Crippen LogP) is 2.09. The summed E-state index contributed by atoms with van der Waals surface area (Å²) in [6.45, 7) is 2.20. The molecule has 1 spiro atoms. The quantitative estimate of drug-likeness (QED) is 0.745. The van der Waals surface area contributed by atoms with E-state index in [9.17, 15) is 4.39 Å². The highest BCUT2D eigenvalue weighted by atomic mass is 19.1. The van der Waals surface area contributed by atoms with Crippen LogP contribution in [0.25, 0.3) is 0 Å². The van der Waals surface area contributed by atoms with Crippen LogP contribution < -0.4 is 5.73 Å². The molecule has 1 aromatic carbocycles. The minimum atomic E-state index is -0.138. The molecule has 3 heteroatoms. The van der Waals surface area contributed by atoms with Gasteiger partial charge in [0.05, 0.1) is 0 Å². The molecule has 2 nitrogen and oxygen atoms in total. The Hall–Kier alpha value is -0.930. The lowest BCUT2D eigenvalue weighted by atomic mass is 9.73. The first-order valence-corrected chi connectivity index (χ1v) is 6.33. The zero-order valence-corrected chi connectivity index (χ0v) is 10.2. The van der Waals surface area contributed by atoms with Gasteiger partial charge in [-0.3, -0.25) is 0 Å². The predicted molar refractivity (Wildman–Crippen MR) is 66.2 cm³/mol. The van der Waals surface area contributed by atoms with Crippen LogP contribution in [0.4, 0.5) is 4.39 Å². The molecule has 0 amide bonds. The number of hydrogen-bond acceptors (Lipinski definition) is 2. The van der Waals surface area contributed by atoms with Gasteiger partial charge in [0.25, 0.3) is 0 Å². The van der Waals surface area contributed by atoms with Gasteiger partial charge in [-0.05, 0) is 68.1 Å². The maximum atomic E-state index is 13.3. The number of halogens is 1. The molecule has 0 radical (unpaired) electrons. The van der Waals surface area contributed by atoms with E-state index in [1.807, 2.05) is 6.07 Å². The Morgan fingerprint density at radius 2 is 2.06 bits per heavy atom. The highest BCUT2D eigenvalue weighted by Crippen LogP contribution is 2.50. The summed E-state index contributed by atoms with van der Waals surface area (Å²) in [5.74, 6) is -0.138. The fraction of sp³-hybridized carbons (Fsp3) is 0.571. The van der Waals surface area contributed by atoms with Crippen molar-refractivity contribution in [1.29, 1.82) is 0 Å². The van der Waals surface area contributed by atoms with Gasteiger partial charge in [-0.15, -0.1) is 0 Å². The van der Waals surface area contributed by atoms with E-state index >= 15 is 0 Å². The summed E-state index contributed by atoms with van der Waals surface area (Å²) in [5.41, 5.74) is 8.88. The van der Waals surface area contributed by atoms with Crippen molar-refractivity contribution in [2.45, 2.75) is 25.3 Å². The lowest BCUT2D eigenvalue weighted by Crippen LogP contribution is -2.42. The second-order valence-electron chi connectivity index (χ2n) is 5.66.